The second-order valence-corrected chi connectivity index (χ2v) is 3.74. The third kappa shape index (κ3) is 2.58. The van der Waals surface area contributed by atoms with Gasteiger partial charge < -0.3 is 0 Å². The summed E-state index contributed by atoms with van der Waals surface area (Å²) in [6, 6.07) is 5.94. The first-order valence-electron chi connectivity index (χ1n) is 5.22. The molecule has 0 atom stereocenters. The van der Waals surface area contributed by atoms with E-state index in [1.165, 1.54) is 24.4 Å². The van der Waals surface area contributed by atoms with Crippen LogP contribution in [0.25, 0.3) is 11.3 Å². The molecule has 0 radical (unpaired) electrons. The number of halogens is 4. The van der Waals surface area contributed by atoms with Crippen molar-refractivity contribution in [1.82, 2.24) is 4.98 Å². The molecule has 0 fully saturated rings. The van der Waals surface area contributed by atoms with Gasteiger partial charge in [-0.2, -0.15) is 13.2 Å². The van der Waals surface area contributed by atoms with Crippen molar-refractivity contribution in [2.75, 3.05) is 0 Å². The molecular weight excluding hydrogens is 258 g/mol. The predicted molar refractivity (Wildman–Crippen MR) is 62.6 cm³/mol. The number of rotatable bonds is 1. The van der Waals surface area contributed by atoms with Crippen LogP contribution in [0.1, 0.15) is 11.1 Å². The van der Waals surface area contributed by atoms with Crippen molar-refractivity contribution in [2.45, 2.75) is 6.18 Å². The lowest BCUT2D eigenvalue weighted by Gasteiger charge is -2.10. The van der Waals surface area contributed by atoms with Gasteiger partial charge in [0.15, 0.2) is 0 Å². The van der Waals surface area contributed by atoms with Crippen LogP contribution in [-0.4, -0.2) is 4.98 Å². The summed E-state index contributed by atoms with van der Waals surface area (Å²) in [6.07, 6.45) is 1.70. The van der Waals surface area contributed by atoms with Gasteiger partial charge in [-0.05, 0) is 24.3 Å². The zero-order chi connectivity index (χ0) is 14.0. The standard InChI is InChI=1S/C14H7F4N/c1-2-9-6-7-12(19-8-9)10-4-3-5-11(13(10)15)14(16,17)18/h1,3-8H. The predicted octanol–water partition coefficient (Wildman–Crippen LogP) is 3.89. The molecule has 5 heteroatoms. The van der Waals surface area contributed by atoms with E-state index in [-0.39, 0.29) is 11.3 Å². The fourth-order valence-corrected chi connectivity index (χ4v) is 1.59. The topological polar surface area (TPSA) is 12.9 Å². The summed E-state index contributed by atoms with van der Waals surface area (Å²) in [5.41, 5.74) is -0.954. The van der Waals surface area contributed by atoms with Crippen molar-refractivity contribution in [3.05, 3.63) is 53.5 Å². The summed E-state index contributed by atoms with van der Waals surface area (Å²) >= 11 is 0. The Morgan fingerprint density at radius 3 is 2.37 bits per heavy atom. The van der Waals surface area contributed by atoms with Crippen LogP contribution in [0.3, 0.4) is 0 Å². The van der Waals surface area contributed by atoms with Gasteiger partial charge in [-0.25, -0.2) is 4.39 Å². The molecular formula is C14H7F4N. The van der Waals surface area contributed by atoms with Crippen LogP contribution in [-0.2, 0) is 6.18 Å². The van der Waals surface area contributed by atoms with Crippen LogP contribution >= 0.6 is 0 Å². The SMILES string of the molecule is C#Cc1ccc(-c2cccc(C(F)(F)F)c2F)nc1. The third-order valence-electron chi connectivity index (χ3n) is 2.51. The molecule has 1 aromatic carbocycles. The van der Waals surface area contributed by atoms with Gasteiger partial charge in [-0.15, -0.1) is 6.42 Å². The average Bonchev–Trinajstić information content (AvgIpc) is 2.38. The van der Waals surface area contributed by atoms with Gasteiger partial charge >= 0.3 is 6.18 Å². The first kappa shape index (κ1) is 13.1. The van der Waals surface area contributed by atoms with Crippen molar-refractivity contribution in [2.24, 2.45) is 0 Å². The molecule has 0 spiro atoms. The van der Waals surface area contributed by atoms with Crippen LogP contribution < -0.4 is 0 Å². The van der Waals surface area contributed by atoms with E-state index < -0.39 is 17.6 Å². The highest BCUT2D eigenvalue weighted by Crippen LogP contribution is 2.34. The number of hydrogen-bond acceptors (Lipinski definition) is 1. The number of aromatic nitrogens is 1. The summed E-state index contributed by atoms with van der Waals surface area (Å²) in [5.74, 6) is 0.983. The second kappa shape index (κ2) is 4.73. The highest BCUT2D eigenvalue weighted by atomic mass is 19.4. The fraction of sp³-hybridized carbons (Fsp3) is 0.0714. The van der Waals surface area contributed by atoms with Crippen LogP contribution in [0, 0.1) is 18.2 Å². The Morgan fingerprint density at radius 1 is 1.11 bits per heavy atom. The molecule has 2 aromatic rings. The monoisotopic (exact) mass is 265 g/mol. The van der Waals surface area contributed by atoms with Gasteiger partial charge in [-0.1, -0.05) is 12.0 Å². The van der Waals surface area contributed by atoms with Crippen LogP contribution in [0.5, 0.6) is 0 Å². The van der Waals surface area contributed by atoms with E-state index in [2.05, 4.69) is 10.9 Å². The first-order valence-corrected chi connectivity index (χ1v) is 5.22. The molecule has 0 bridgehead atoms. The number of benzene rings is 1. The highest BCUT2D eigenvalue weighted by Gasteiger charge is 2.35. The van der Waals surface area contributed by atoms with E-state index in [1.54, 1.807) is 0 Å². The Balaban J connectivity index is 2.54. The molecule has 0 aliphatic rings. The van der Waals surface area contributed by atoms with Crippen molar-refractivity contribution in [1.29, 1.82) is 0 Å². The number of hydrogen-bond donors (Lipinski definition) is 0. The Kier molecular flexibility index (Phi) is 3.26. The minimum Gasteiger partial charge on any atom is -0.255 e. The van der Waals surface area contributed by atoms with Gasteiger partial charge in [0.25, 0.3) is 0 Å². The van der Waals surface area contributed by atoms with Gasteiger partial charge in [0.2, 0.25) is 0 Å². The highest BCUT2D eigenvalue weighted by molar-refractivity contribution is 5.61. The normalized spacial score (nSPS) is 11.1. The zero-order valence-corrected chi connectivity index (χ0v) is 9.50. The molecule has 0 N–H and O–H groups in total. The van der Waals surface area contributed by atoms with Gasteiger partial charge in [-0.3, -0.25) is 4.98 Å². The van der Waals surface area contributed by atoms with E-state index in [9.17, 15) is 17.6 Å². The zero-order valence-electron chi connectivity index (χ0n) is 9.50. The molecule has 0 saturated heterocycles. The number of alkyl halides is 3. The van der Waals surface area contributed by atoms with Gasteiger partial charge in [0.05, 0.1) is 11.3 Å². The van der Waals surface area contributed by atoms with E-state index in [0.29, 0.717) is 11.6 Å². The van der Waals surface area contributed by atoms with E-state index in [0.717, 1.165) is 6.07 Å². The van der Waals surface area contributed by atoms with Crippen molar-refractivity contribution >= 4 is 0 Å². The Morgan fingerprint density at radius 2 is 1.84 bits per heavy atom. The number of nitrogens with zero attached hydrogens (tertiary/aromatic N) is 1. The molecule has 0 aliphatic carbocycles. The summed E-state index contributed by atoms with van der Waals surface area (Å²) in [4.78, 5) is 3.85. The van der Waals surface area contributed by atoms with Crippen LogP contribution in [0.2, 0.25) is 0 Å². The Hall–Kier alpha value is -2.35. The van der Waals surface area contributed by atoms with Crippen LogP contribution in [0.4, 0.5) is 17.6 Å². The summed E-state index contributed by atoms with van der Waals surface area (Å²) < 4.78 is 51.6. The molecule has 1 nitrogen and oxygen atoms in total. The van der Waals surface area contributed by atoms with E-state index in [4.69, 9.17) is 6.42 Å². The van der Waals surface area contributed by atoms with Gasteiger partial charge in [0.1, 0.15) is 5.82 Å². The molecule has 1 aromatic heterocycles. The molecule has 19 heavy (non-hydrogen) atoms. The molecule has 2 rings (SSSR count). The maximum Gasteiger partial charge on any atom is 0.419 e. The van der Waals surface area contributed by atoms with Crippen molar-refractivity contribution < 1.29 is 17.6 Å². The third-order valence-corrected chi connectivity index (χ3v) is 2.51. The number of pyridine rings is 1. The summed E-state index contributed by atoms with van der Waals surface area (Å²) in [6.45, 7) is 0. The largest absolute Gasteiger partial charge is 0.419 e. The first-order chi connectivity index (χ1) is 8.93. The fourth-order valence-electron chi connectivity index (χ4n) is 1.59. The lowest BCUT2D eigenvalue weighted by molar-refractivity contribution is -0.139. The Labute approximate surface area is 106 Å². The lowest BCUT2D eigenvalue weighted by atomic mass is 10.1. The quantitative estimate of drug-likeness (QED) is 0.563. The lowest BCUT2D eigenvalue weighted by Crippen LogP contribution is -2.08. The maximum absolute atomic E-state index is 13.8. The second-order valence-electron chi connectivity index (χ2n) is 3.74. The molecule has 0 saturated carbocycles. The summed E-state index contributed by atoms with van der Waals surface area (Å²) in [5, 5.41) is 0. The van der Waals surface area contributed by atoms with Crippen molar-refractivity contribution in [3.8, 4) is 23.6 Å². The average molecular weight is 265 g/mol. The molecule has 0 unspecified atom stereocenters. The maximum atomic E-state index is 13.8. The minimum atomic E-state index is -4.74. The van der Waals surface area contributed by atoms with Gasteiger partial charge in [0, 0.05) is 17.3 Å². The Bertz CT molecular complexity index is 636. The van der Waals surface area contributed by atoms with E-state index >= 15 is 0 Å². The smallest absolute Gasteiger partial charge is 0.255 e. The molecule has 1 heterocycles. The van der Waals surface area contributed by atoms with Crippen molar-refractivity contribution in [3.63, 3.8) is 0 Å². The minimum absolute atomic E-state index is 0.0996. The van der Waals surface area contributed by atoms with E-state index in [1.807, 2.05) is 0 Å². The molecule has 96 valence electrons. The number of terminal acetylenes is 1. The summed E-state index contributed by atoms with van der Waals surface area (Å²) in [7, 11) is 0. The van der Waals surface area contributed by atoms with Crippen LogP contribution in [0.15, 0.2) is 36.5 Å². The molecule has 0 aliphatic heterocycles. The molecule has 0 amide bonds.